The lowest BCUT2D eigenvalue weighted by atomic mass is 10.0. The fourth-order valence-electron chi connectivity index (χ4n) is 2.91. The lowest BCUT2D eigenvalue weighted by Gasteiger charge is -2.30. The summed E-state index contributed by atoms with van der Waals surface area (Å²) in [6.45, 7) is 2.33. The molecule has 1 saturated carbocycles. The summed E-state index contributed by atoms with van der Waals surface area (Å²) in [6, 6.07) is 0.451. The highest BCUT2D eigenvalue weighted by molar-refractivity contribution is 5.91. The number of amides is 1. The van der Waals surface area contributed by atoms with Gasteiger partial charge in [0.05, 0.1) is 18.9 Å². The zero-order valence-electron chi connectivity index (χ0n) is 10.7. The lowest BCUT2D eigenvalue weighted by molar-refractivity contribution is -0.0138. The highest BCUT2D eigenvalue weighted by atomic mass is 16.5. The van der Waals surface area contributed by atoms with Crippen LogP contribution in [0.5, 0.6) is 0 Å². The standard InChI is InChI=1S/C13H18N4O2/c18-13(11-8-14-3-4-15-11)17-7-9-1-2-10-12(9)19-6-5-16-10/h3-4,8-10,12,16H,1-2,5-7H2,(H,17,18)/t9-,10-,12+/m0/s1. The van der Waals surface area contributed by atoms with Gasteiger partial charge in [-0.1, -0.05) is 0 Å². The van der Waals surface area contributed by atoms with Crippen LogP contribution in [-0.4, -0.2) is 47.7 Å². The first-order valence-corrected chi connectivity index (χ1v) is 6.74. The zero-order chi connectivity index (χ0) is 13.1. The van der Waals surface area contributed by atoms with Crippen LogP contribution in [0.2, 0.25) is 0 Å². The zero-order valence-corrected chi connectivity index (χ0v) is 10.7. The van der Waals surface area contributed by atoms with E-state index in [9.17, 15) is 4.79 Å². The Hall–Kier alpha value is -1.53. The summed E-state index contributed by atoms with van der Waals surface area (Å²) < 4.78 is 5.81. The molecule has 3 atom stereocenters. The number of rotatable bonds is 3. The van der Waals surface area contributed by atoms with Crippen molar-refractivity contribution in [1.82, 2.24) is 20.6 Å². The molecule has 0 radical (unpaired) electrons. The molecule has 1 saturated heterocycles. The number of nitrogens with zero attached hydrogens (tertiary/aromatic N) is 2. The van der Waals surface area contributed by atoms with Gasteiger partial charge in [0, 0.05) is 37.4 Å². The Morgan fingerprint density at radius 1 is 1.47 bits per heavy atom. The molecule has 0 bridgehead atoms. The number of hydrogen-bond donors (Lipinski definition) is 2. The molecule has 6 nitrogen and oxygen atoms in total. The van der Waals surface area contributed by atoms with Crippen LogP contribution in [-0.2, 0) is 4.74 Å². The second-order valence-electron chi connectivity index (χ2n) is 5.03. The van der Waals surface area contributed by atoms with Gasteiger partial charge in [0.2, 0.25) is 0 Å². The molecular formula is C13H18N4O2. The molecule has 0 spiro atoms. The molecule has 1 aromatic heterocycles. The predicted octanol–water partition coefficient (Wildman–Crippen LogP) is -0.0266. The second kappa shape index (κ2) is 5.63. The third-order valence-electron chi connectivity index (χ3n) is 3.85. The number of hydrogen-bond acceptors (Lipinski definition) is 5. The first-order valence-electron chi connectivity index (χ1n) is 6.74. The molecule has 1 aliphatic carbocycles. The lowest BCUT2D eigenvalue weighted by Crippen LogP contribution is -2.48. The SMILES string of the molecule is O=C(NC[C@@H]1CC[C@@H]2NCCO[C@H]12)c1cnccn1. The Kier molecular flexibility index (Phi) is 3.70. The summed E-state index contributed by atoms with van der Waals surface area (Å²) >= 11 is 0. The van der Waals surface area contributed by atoms with Crippen molar-refractivity contribution < 1.29 is 9.53 Å². The topological polar surface area (TPSA) is 76.1 Å². The van der Waals surface area contributed by atoms with E-state index in [1.165, 1.54) is 12.4 Å². The molecule has 2 N–H and O–H groups in total. The van der Waals surface area contributed by atoms with Gasteiger partial charge in [0.1, 0.15) is 5.69 Å². The molecule has 2 heterocycles. The third kappa shape index (κ3) is 2.74. The Morgan fingerprint density at radius 2 is 2.42 bits per heavy atom. The number of carbonyl (C=O) groups excluding carboxylic acids is 1. The molecule has 0 unspecified atom stereocenters. The second-order valence-corrected chi connectivity index (χ2v) is 5.03. The van der Waals surface area contributed by atoms with Crippen molar-refractivity contribution in [2.24, 2.45) is 5.92 Å². The number of morpholine rings is 1. The summed E-state index contributed by atoms with van der Waals surface area (Å²) in [5, 5.41) is 6.39. The van der Waals surface area contributed by atoms with E-state index < -0.39 is 0 Å². The Labute approximate surface area is 112 Å². The molecule has 2 aliphatic rings. The Morgan fingerprint density at radius 3 is 3.26 bits per heavy atom. The minimum atomic E-state index is -0.166. The molecule has 1 amide bonds. The number of aromatic nitrogens is 2. The molecule has 1 aliphatic heterocycles. The van der Waals surface area contributed by atoms with E-state index in [2.05, 4.69) is 20.6 Å². The van der Waals surface area contributed by atoms with Gasteiger partial charge in [0.25, 0.3) is 5.91 Å². The van der Waals surface area contributed by atoms with Crippen molar-refractivity contribution in [3.05, 3.63) is 24.3 Å². The van der Waals surface area contributed by atoms with Crippen molar-refractivity contribution in [1.29, 1.82) is 0 Å². The predicted molar refractivity (Wildman–Crippen MR) is 68.6 cm³/mol. The highest BCUT2D eigenvalue weighted by Gasteiger charge is 2.38. The summed E-state index contributed by atoms with van der Waals surface area (Å²) in [6.07, 6.45) is 7.00. The van der Waals surface area contributed by atoms with Crippen molar-refractivity contribution in [3.63, 3.8) is 0 Å². The minimum Gasteiger partial charge on any atom is -0.375 e. The van der Waals surface area contributed by atoms with E-state index in [0.717, 1.165) is 26.0 Å². The normalized spacial score (nSPS) is 29.8. The maximum Gasteiger partial charge on any atom is 0.271 e. The quantitative estimate of drug-likeness (QED) is 0.800. The minimum absolute atomic E-state index is 0.166. The van der Waals surface area contributed by atoms with Crippen LogP contribution in [0.15, 0.2) is 18.6 Å². The van der Waals surface area contributed by atoms with Gasteiger partial charge in [-0.3, -0.25) is 9.78 Å². The maximum atomic E-state index is 11.9. The molecule has 6 heteroatoms. The number of carbonyl (C=O) groups is 1. The van der Waals surface area contributed by atoms with Crippen LogP contribution < -0.4 is 10.6 Å². The van der Waals surface area contributed by atoms with Gasteiger partial charge in [-0.15, -0.1) is 0 Å². The largest absolute Gasteiger partial charge is 0.375 e. The Balaban J connectivity index is 1.54. The van der Waals surface area contributed by atoms with Crippen molar-refractivity contribution in [3.8, 4) is 0 Å². The summed E-state index contributed by atoms with van der Waals surface area (Å²) in [4.78, 5) is 19.8. The van der Waals surface area contributed by atoms with Gasteiger partial charge in [-0.2, -0.15) is 0 Å². The molecule has 0 aromatic carbocycles. The van der Waals surface area contributed by atoms with E-state index in [0.29, 0.717) is 24.2 Å². The smallest absolute Gasteiger partial charge is 0.271 e. The van der Waals surface area contributed by atoms with E-state index >= 15 is 0 Å². The van der Waals surface area contributed by atoms with Crippen molar-refractivity contribution in [2.75, 3.05) is 19.7 Å². The maximum absolute atomic E-state index is 11.9. The van der Waals surface area contributed by atoms with Crippen LogP contribution in [0.25, 0.3) is 0 Å². The number of ether oxygens (including phenoxy) is 1. The van der Waals surface area contributed by atoms with Gasteiger partial charge in [-0.25, -0.2) is 4.98 Å². The average Bonchev–Trinajstić information content (AvgIpc) is 2.89. The van der Waals surface area contributed by atoms with Gasteiger partial charge in [-0.05, 0) is 12.8 Å². The van der Waals surface area contributed by atoms with Crippen molar-refractivity contribution in [2.45, 2.75) is 25.0 Å². The molecular weight excluding hydrogens is 244 g/mol. The van der Waals surface area contributed by atoms with Gasteiger partial charge >= 0.3 is 0 Å². The summed E-state index contributed by atoms with van der Waals surface area (Å²) in [5.74, 6) is 0.221. The van der Waals surface area contributed by atoms with Crippen LogP contribution in [0.4, 0.5) is 0 Å². The van der Waals surface area contributed by atoms with E-state index in [4.69, 9.17) is 4.74 Å². The number of fused-ring (bicyclic) bond motifs is 1. The fraction of sp³-hybridized carbons (Fsp3) is 0.615. The number of nitrogens with one attached hydrogen (secondary N) is 2. The fourth-order valence-corrected chi connectivity index (χ4v) is 2.91. The van der Waals surface area contributed by atoms with Crippen molar-refractivity contribution >= 4 is 5.91 Å². The molecule has 102 valence electrons. The van der Waals surface area contributed by atoms with E-state index in [1.807, 2.05) is 0 Å². The van der Waals surface area contributed by atoms with Gasteiger partial charge < -0.3 is 15.4 Å². The summed E-state index contributed by atoms with van der Waals surface area (Å²) in [5.41, 5.74) is 0.361. The van der Waals surface area contributed by atoms with Crippen LogP contribution >= 0.6 is 0 Å². The first-order chi connectivity index (χ1) is 9.34. The van der Waals surface area contributed by atoms with Crippen LogP contribution in [0, 0.1) is 5.92 Å². The van der Waals surface area contributed by atoms with E-state index in [-0.39, 0.29) is 12.0 Å². The third-order valence-corrected chi connectivity index (χ3v) is 3.85. The molecule has 2 fully saturated rings. The monoisotopic (exact) mass is 262 g/mol. The van der Waals surface area contributed by atoms with Gasteiger partial charge in [0.15, 0.2) is 0 Å². The highest BCUT2D eigenvalue weighted by Crippen LogP contribution is 2.29. The Bertz CT molecular complexity index is 440. The molecule has 3 rings (SSSR count). The molecule has 1 aromatic rings. The van der Waals surface area contributed by atoms with E-state index in [1.54, 1.807) is 6.20 Å². The average molecular weight is 262 g/mol. The first kappa shape index (κ1) is 12.5. The summed E-state index contributed by atoms with van der Waals surface area (Å²) in [7, 11) is 0. The van der Waals surface area contributed by atoms with Crippen LogP contribution in [0.3, 0.4) is 0 Å². The molecule has 19 heavy (non-hydrogen) atoms. The van der Waals surface area contributed by atoms with Crippen LogP contribution in [0.1, 0.15) is 23.3 Å².